The number of nitrogens with zero attached hydrogens (tertiary/aromatic N) is 1. The molecule has 3 rings (SSSR count). The van der Waals surface area contributed by atoms with Crippen molar-refractivity contribution < 1.29 is 9.47 Å². The van der Waals surface area contributed by atoms with Crippen LogP contribution in [0.1, 0.15) is 24.1 Å². The van der Waals surface area contributed by atoms with Crippen LogP contribution in [0, 0.1) is 0 Å². The Morgan fingerprint density at radius 3 is 2.42 bits per heavy atom. The van der Waals surface area contributed by atoms with E-state index < -0.39 is 0 Å². The number of methoxy groups -OCH3 is 2. The Hall–Kier alpha value is -2.85. The lowest BCUT2D eigenvalue weighted by atomic mass is 10.0. The van der Waals surface area contributed by atoms with E-state index in [0.717, 1.165) is 23.4 Å². The van der Waals surface area contributed by atoms with Crippen LogP contribution in [0.15, 0.2) is 66.9 Å². The summed E-state index contributed by atoms with van der Waals surface area (Å²) in [5, 5.41) is 3.57. The number of pyridine rings is 1. The molecule has 0 saturated carbocycles. The molecule has 1 heterocycles. The van der Waals surface area contributed by atoms with Crippen LogP contribution in [0.5, 0.6) is 11.6 Å². The molecule has 4 heteroatoms. The zero-order valence-electron chi connectivity index (χ0n) is 15.4. The van der Waals surface area contributed by atoms with Gasteiger partial charge in [0.2, 0.25) is 5.88 Å². The highest BCUT2D eigenvalue weighted by Gasteiger charge is 2.10. The number of ether oxygens (including phenoxy) is 2. The molecule has 0 fully saturated rings. The minimum absolute atomic E-state index is 0.282. The van der Waals surface area contributed by atoms with Crippen LogP contribution >= 0.6 is 0 Å². The van der Waals surface area contributed by atoms with Gasteiger partial charge in [-0.1, -0.05) is 36.4 Å². The average molecular weight is 348 g/mol. The SMILES string of the molecule is COc1ccc(-c2cc(CN[C@H](C)c3ccccc3)ccc2OC)cn1. The van der Waals surface area contributed by atoms with Crippen LogP contribution in [0.4, 0.5) is 0 Å². The van der Waals surface area contributed by atoms with Crippen molar-refractivity contribution in [3.8, 4) is 22.8 Å². The Kier molecular flexibility index (Phi) is 5.87. The molecule has 0 aliphatic rings. The second-order valence-electron chi connectivity index (χ2n) is 6.14. The zero-order chi connectivity index (χ0) is 18.4. The van der Waals surface area contributed by atoms with E-state index in [1.165, 1.54) is 11.1 Å². The molecule has 134 valence electrons. The number of aromatic nitrogens is 1. The first-order valence-corrected chi connectivity index (χ1v) is 8.67. The second-order valence-corrected chi connectivity index (χ2v) is 6.14. The van der Waals surface area contributed by atoms with Gasteiger partial charge in [-0.15, -0.1) is 0 Å². The molecule has 0 amide bonds. The number of nitrogens with one attached hydrogen (secondary N) is 1. The Morgan fingerprint density at radius 1 is 0.962 bits per heavy atom. The smallest absolute Gasteiger partial charge is 0.212 e. The summed E-state index contributed by atoms with van der Waals surface area (Å²) in [7, 11) is 3.30. The van der Waals surface area contributed by atoms with Crippen molar-refractivity contribution in [3.05, 3.63) is 78.0 Å². The molecular weight excluding hydrogens is 324 g/mol. The van der Waals surface area contributed by atoms with Crippen molar-refractivity contribution in [3.63, 3.8) is 0 Å². The third kappa shape index (κ3) is 4.21. The molecule has 0 saturated heterocycles. The Labute approximate surface area is 154 Å². The van der Waals surface area contributed by atoms with Gasteiger partial charge < -0.3 is 14.8 Å². The molecule has 4 nitrogen and oxygen atoms in total. The van der Waals surface area contributed by atoms with Gasteiger partial charge >= 0.3 is 0 Å². The van der Waals surface area contributed by atoms with E-state index in [0.29, 0.717) is 5.88 Å². The highest BCUT2D eigenvalue weighted by atomic mass is 16.5. The van der Waals surface area contributed by atoms with Gasteiger partial charge in [-0.25, -0.2) is 4.98 Å². The van der Waals surface area contributed by atoms with E-state index in [-0.39, 0.29) is 6.04 Å². The van der Waals surface area contributed by atoms with Crippen molar-refractivity contribution in [1.29, 1.82) is 0 Å². The summed E-state index contributed by atoms with van der Waals surface area (Å²) in [6, 6.07) is 20.8. The summed E-state index contributed by atoms with van der Waals surface area (Å²) in [5.74, 6) is 1.43. The maximum Gasteiger partial charge on any atom is 0.212 e. The van der Waals surface area contributed by atoms with Gasteiger partial charge in [0.25, 0.3) is 0 Å². The lowest BCUT2D eigenvalue weighted by Gasteiger charge is -2.16. The molecule has 0 spiro atoms. The van der Waals surface area contributed by atoms with Crippen LogP contribution in [-0.4, -0.2) is 19.2 Å². The van der Waals surface area contributed by atoms with Crippen molar-refractivity contribution in [1.82, 2.24) is 10.3 Å². The number of rotatable bonds is 7. The Balaban J connectivity index is 1.78. The highest BCUT2D eigenvalue weighted by molar-refractivity contribution is 5.70. The third-order valence-corrected chi connectivity index (χ3v) is 4.43. The van der Waals surface area contributed by atoms with Crippen LogP contribution < -0.4 is 14.8 Å². The molecule has 1 aromatic heterocycles. The lowest BCUT2D eigenvalue weighted by molar-refractivity contribution is 0.398. The summed E-state index contributed by atoms with van der Waals surface area (Å²) in [6.45, 7) is 2.95. The molecular formula is C22H24N2O2. The molecule has 0 aliphatic heterocycles. The Morgan fingerprint density at radius 2 is 1.77 bits per heavy atom. The predicted molar refractivity (Wildman–Crippen MR) is 104 cm³/mol. The molecule has 26 heavy (non-hydrogen) atoms. The largest absolute Gasteiger partial charge is 0.496 e. The first-order chi connectivity index (χ1) is 12.7. The van der Waals surface area contributed by atoms with Gasteiger partial charge in [-0.05, 0) is 36.2 Å². The molecule has 0 aliphatic carbocycles. The molecule has 0 unspecified atom stereocenters. The lowest BCUT2D eigenvalue weighted by Crippen LogP contribution is -2.18. The molecule has 0 radical (unpaired) electrons. The van der Waals surface area contributed by atoms with Gasteiger partial charge in [-0.2, -0.15) is 0 Å². The van der Waals surface area contributed by atoms with Crippen molar-refractivity contribution in [2.45, 2.75) is 19.5 Å². The van der Waals surface area contributed by atoms with Crippen LogP contribution in [0.3, 0.4) is 0 Å². The van der Waals surface area contributed by atoms with E-state index in [1.54, 1.807) is 20.4 Å². The Bertz CT molecular complexity index is 833. The van der Waals surface area contributed by atoms with E-state index in [4.69, 9.17) is 9.47 Å². The van der Waals surface area contributed by atoms with Gasteiger partial charge in [0.15, 0.2) is 0 Å². The fourth-order valence-corrected chi connectivity index (χ4v) is 2.88. The van der Waals surface area contributed by atoms with E-state index in [2.05, 4.69) is 53.6 Å². The van der Waals surface area contributed by atoms with Crippen LogP contribution in [0.2, 0.25) is 0 Å². The van der Waals surface area contributed by atoms with E-state index in [1.807, 2.05) is 24.3 Å². The van der Waals surface area contributed by atoms with Gasteiger partial charge in [-0.3, -0.25) is 0 Å². The molecule has 3 aromatic rings. The fourth-order valence-electron chi connectivity index (χ4n) is 2.88. The number of hydrogen-bond acceptors (Lipinski definition) is 4. The maximum atomic E-state index is 5.53. The van der Waals surface area contributed by atoms with E-state index in [9.17, 15) is 0 Å². The van der Waals surface area contributed by atoms with Gasteiger partial charge in [0, 0.05) is 36.0 Å². The van der Waals surface area contributed by atoms with Gasteiger partial charge in [0.05, 0.1) is 14.2 Å². The zero-order valence-corrected chi connectivity index (χ0v) is 15.4. The topological polar surface area (TPSA) is 43.4 Å². The standard InChI is InChI=1S/C22H24N2O2/c1-16(18-7-5-4-6-8-18)23-14-17-9-11-21(25-2)20(13-17)19-10-12-22(26-3)24-15-19/h4-13,15-16,23H,14H2,1-3H3/t16-/m1/s1. The normalized spacial score (nSPS) is 11.8. The van der Waals surface area contributed by atoms with Crippen molar-refractivity contribution >= 4 is 0 Å². The summed E-state index contributed by atoms with van der Waals surface area (Å²) in [4.78, 5) is 4.30. The number of benzene rings is 2. The van der Waals surface area contributed by atoms with Crippen molar-refractivity contribution in [2.75, 3.05) is 14.2 Å². The molecule has 2 aromatic carbocycles. The van der Waals surface area contributed by atoms with Crippen molar-refractivity contribution in [2.24, 2.45) is 0 Å². The predicted octanol–water partition coefficient (Wildman–Crippen LogP) is 4.62. The molecule has 1 N–H and O–H groups in total. The summed E-state index contributed by atoms with van der Waals surface area (Å²) >= 11 is 0. The minimum atomic E-state index is 0.282. The summed E-state index contributed by atoms with van der Waals surface area (Å²) in [5.41, 5.74) is 4.50. The highest BCUT2D eigenvalue weighted by Crippen LogP contribution is 2.31. The molecule has 1 atom stereocenters. The molecule has 0 bridgehead atoms. The maximum absolute atomic E-state index is 5.53. The van der Waals surface area contributed by atoms with Crippen LogP contribution in [-0.2, 0) is 6.54 Å². The van der Waals surface area contributed by atoms with Crippen LogP contribution in [0.25, 0.3) is 11.1 Å². The second kappa shape index (κ2) is 8.50. The summed E-state index contributed by atoms with van der Waals surface area (Å²) in [6.07, 6.45) is 1.81. The van der Waals surface area contributed by atoms with Gasteiger partial charge in [0.1, 0.15) is 5.75 Å². The third-order valence-electron chi connectivity index (χ3n) is 4.43. The quantitative estimate of drug-likeness (QED) is 0.677. The summed E-state index contributed by atoms with van der Waals surface area (Å²) < 4.78 is 10.7. The first-order valence-electron chi connectivity index (χ1n) is 8.67. The van der Waals surface area contributed by atoms with E-state index >= 15 is 0 Å². The minimum Gasteiger partial charge on any atom is -0.496 e. The average Bonchev–Trinajstić information content (AvgIpc) is 2.72. The number of hydrogen-bond donors (Lipinski definition) is 1. The monoisotopic (exact) mass is 348 g/mol. The first kappa shape index (κ1) is 18.0. The fraction of sp³-hybridized carbons (Fsp3) is 0.227.